The van der Waals surface area contributed by atoms with E-state index in [4.69, 9.17) is 0 Å². The van der Waals surface area contributed by atoms with Crippen molar-refractivity contribution in [1.82, 2.24) is 16.0 Å². The Balaban J connectivity index is 1.62. The summed E-state index contributed by atoms with van der Waals surface area (Å²) in [6.07, 6.45) is 8.69. The van der Waals surface area contributed by atoms with Gasteiger partial charge in [0.2, 0.25) is 5.71 Å². The van der Waals surface area contributed by atoms with E-state index in [9.17, 15) is 18.4 Å². The maximum absolute atomic E-state index is 13.7. The van der Waals surface area contributed by atoms with Gasteiger partial charge in [0.1, 0.15) is 29.1 Å². The molecule has 0 saturated heterocycles. The third-order valence-electron chi connectivity index (χ3n) is 3.70. The molecular weight excluding hydrogens is 344 g/mol. The van der Waals surface area contributed by atoms with Gasteiger partial charge >= 0.3 is 0 Å². The molecule has 0 saturated carbocycles. The number of hydrogen-bond donors (Lipinski definition) is 4. The minimum absolute atomic E-state index is 0.0366. The minimum Gasteiger partial charge on any atom is -0.383 e. The van der Waals surface area contributed by atoms with Crippen LogP contribution >= 0.6 is 0 Å². The van der Waals surface area contributed by atoms with E-state index in [1.54, 1.807) is 6.20 Å². The lowest BCUT2D eigenvalue weighted by Gasteiger charge is -2.16. The maximum atomic E-state index is 13.7. The van der Waals surface area contributed by atoms with Gasteiger partial charge in [-0.05, 0) is 24.4 Å². The van der Waals surface area contributed by atoms with Crippen LogP contribution in [-0.4, -0.2) is 30.1 Å². The number of carbonyl (C=O) groups excluding carboxylic acids is 2. The lowest BCUT2D eigenvalue weighted by Crippen LogP contribution is -2.69. The van der Waals surface area contributed by atoms with Gasteiger partial charge in [0.25, 0.3) is 11.8 Å². The number of nitrogens with one attached hydrogen (secondary N) is 3. The Morgan fingerprint density at radius 2 is 1.96 bits per heavy atom. The lowest BCUT2D eigenvalue weighted by atomic mass is 10.1. The maximum Gasteiger partial charge on any atom is 0.277 e. The molecular formula is C17H16F2N5O2+. The molecule has 1 aromatic rings. The molecule has 1 aromatic carbocycles. The number of hydrogen-bond acceptors (Lipinski definition) is 4. The zero-order chi connectivity index (χ0) is 18.5. The molecule has 3 rings (SSSR count). The molecule has 0 bridgehead atoms. The number of rotatable bonds is 5. The van der Waals surface area contributed by atoms with E-state index in [1.807, 2.05) is 18.2 Å². The summed E-state index contributed by atoms with van der Waals surface area (Å²) in [4.78, 5) is 24.4. The highest BCUT2D eigenvalue weighted by Crippen LogP contribution is 2.12. The third-order valence-corrected chi connectivity index (χ3v) is 3.70. The molecule has 2 aliphatic heterocycles. The fraction of sp³-hybridized carbons (Fsp3) is 0.118. The molecule has 5 N–H and O–H groups in total. The number of nitrogens with two attached hydrogens (primary N) is 1. The molecule has 2 heterocycles. The first-order valence-corrected chi connectivity index (χ1v) is 7.81. The number of benzene rings is 1. The molecule has 0 aromatic heterocycles. The van der Waals surface area contributed by atoms with Crippen LogP contribution in [0, 0.1) is 11.6 Å². The van der Waals surface area contributed by atoms with Crippen LogP contribution < -0.4 is 21.4 Å². The first kappa shape index (κ1) is 17.5. The van der Waals surface area contributed by atoms with Gasteiger partial charge < -0.3 is 16.0 Å². The highest BCUT2D eigenvalue weighted by atomic mass is 19.1. The number of amides is 2. The molecule has 2 amide bonds. The number of allylic oxidation sites excluding steroid dienone is 2. The Labute approximate surface area is 147 Å². The number of quaternary nitrogens is 1. The van der Waals surface area contributed by atoms with Crippen LogP contribution in [0.4, 0.5) is 8.78 Å². The Morgan fingerprint density at radius 3 is 2.65 bits per heavy atom. The summed E-state index contributed by atoms with van der Waals surface area (Å²) >= 11 is 0. The third kappa shape index (κ3) is 3.83. The smallest absolute Gasteiger partial charge is 0.277 e. The first-order chi connectivity index (χ1) is 12.6. The van der Waals surface area contributed by atoms with Crippen LogP contribution in [0.5, 0.6) is 0 Å². The van der Waals surface area contributed by atoms with Gasteiger partial charge in [-0.1, -0.05) is 23.3 Å². The highest BCUT2D eigenvalue weighted by molar-refractivity contribution is 6.45. The monoisotopic (exact) mass is 360 g/mol. The quantitative estimate of drug-likeness (QED) is 0.539. The van der Waals surface area contributed by atoms with E-state index in [0.29, 0.717) is 6.54 Å². The SMILES string of the molecule is O=C(NCC1C=CC=CN1)C1=N[NH2+]C=C1NC(=O)c1c(F)cccc1F. The number of carbonyl (C=O) groups is 2. The summed E-state index contributed by atoms with van der Waals surface area (Å²) in [5.41, 5.74) is 0.639. The zero-order valence-electron chi connectivity index (χ0n) is 13.5. The van der Waals surface area contributed by atoms with Crippen molar-refractivity contribution >= 4 is 17.5 Å². The van der Waals surface area contributed by atoms with Crippen molar-refractivity contribution in [2.75, 3.05) is 6.54 Å². The number of dihydropyridines is 1. The molecule has 134 valence electrons. The van der Waals surface area contributed by atoms with Crippen molar-refractivity contribution < 1.29 is 23.8 Å². The van der Waals surface area contributed by atoms with Crippen LogP contribution in [0.3, 0.4) is 0 Å². The second kappa shape index (κ2) is 7.70. The topological polar surface area (TPSA) is 99.2 Å². The van der Waals surface area contributed by atoms with Gasteiger partial charge in [-0.25, -0.2) is 8.78 Å². The van der Waals surface area contributed by atoms with Crippen molar-refractivity contribution in [2.45, 2.75) is 6.04 Å². The van der Waals surface area contributed by atoms with E-state index in [0.717, 1.165) is 18.2 Å². The Hall–Kier alpha value is -3.33. The summed E-state index contributed by atoms with van der Waals surface area (Å²) < 4.78 is 27.4. The summed E-state index contributed by atoms with van der Waals surface area (Å²) in [6.45, 7) is 0.307. The van der Waals surface area contributed by atoms with Crippen molar-refractivity contribution in [2.24, 2.45) is 5.10 Å². The van der Waals surface area contributed by atoms with E-state index >= 15 is 0 Å². The lowest BCUT2D eigenvalue weighted by molar-refractivity contribution is -0.590. The van der Waals surface area contributed by atoms with E-state index < -0.39 is 29.0 Å². The predicted octanol–water partition coefficient (Wildman–Crippen LogP) is -0.373. The molecule has 1 unspecified atom stereocenters. The predicted molar refractivity (Wildman–Crippen MR) is 89.5 cm³/mol. The normalized spacial score (nSPS) is 18.0. The second-order valence-electron chi connectivity index (χ2n) is 5.49. The van der Waals surface area contributed by atoms with Crippen LogP contribution in [0.25, 0.3) is 0 Å². The molecule has 9 heteroatoms. The molecule has 0 spiro atoms. The summed E-state index contributed by atoms with van der Waals surface area (Å²) in [7, 11) is 0. The average Bonchev–Trinajstić information content (AvgIpc) is 3.08. The van der Waals surface area contributed by atoms with Crippen molar-refractivity contribution in [3.8, 4) is 0 Å². The Bertz CT molecular complexity index is 840. The van der Waals surface area contributed by atoms with Gasteiger partial charge in [0.05, 0.1) is 6.04 Å². The van der Waals surface area contributed by atoms with Crippen molar-refractivity contribution in [1.29, 1.82) is 0 Å². The second-order valence-corrected chi connectivity index (χ2v) is 5.49. The van der Waals surface area contributed by atoms with Crippen LogP contribution in [0.1, 0.15) is 10.4 Å². The van der Waals surface area contributed by atoms with Crippen molar-refractivity contribution in [3.63, 3.8) is 0 Å². The molecule has 0 fully saturated rings. The Morgan fingerprint density at radius 1 is 1.19 bits per heavy atom. The van der Waals surface area contributed by atoms with Crippen LogP contribution in [0.2, 0.25) is 0 Å². The van der Waals surface area contributed by atoms with E-state index in [1.165, 1.54) is 11.6 Å². The van der Waals surface area contributed by atoms with Gasteiger partial charge in [0.15, 0.2) is 0 Å². The summed E-state index contributed by atoms with van der Waals surface area (Å²) in [6, 6.07) is 3.06. The molecule has 1 atom stereocenters. The largest absolute Gasteiger partial charge is 0.383 e. The van der Waals surface area contributed by atoms with Crippen LogP contribution in [-0.2, 0) is 4.79 Å². The van der Waals surface area contributed by atoms with Gasteiger partial charge in [-0.2, -0.15) is 5.43 Å². The van der Waals surface area contributed by atoms with Crippen LogP contribution in [0.15, 0.2) is 59.6 Å². The highest BCUT2D eigenvalue weighted by Gasteiger charge is 2.28. The molecule has 26 heavy (non-hydrogen) atoms. The summed E-state index contributed by atoms with van der Waals surface area (Å²) in [5.74, 6) is -3.49. The fourth-order valence-electron chi connectivity index (χ4n) is 2.42. The summed E-state index contributed by atoms with van der Waals surface area (Å²) in [5, 5.41) is 12.0. The molecule has 7 nitrogen and oxygen atoms in total. The van der Waals surface area contributed by atoms with Gasteiger partial charge in [0, 0.05) is 6.54 Å². The Kier molecular flexibility index (Phi) is 5.18. The zero-order valence-corrected chi connectivity index (χ0v) is 13.5. The first-order valence-electron chi connectivity index (χ1n) is 7.81. The average molecular weight is 360 g/mol. The fourth-order valence-corrected chi connectivity index (χ4v) is 2.42. The molecule has 0 aliphatic carbocycles. The number of nitrogens with zero attached hydrogens (tertiary/aromatic N) is 1. The van der Waals surface area contributed by atoms with Crippen molar-refractivity contribution in [3.05, 3.63) is 71.7 Å². The van der Waals surface area contributed by atoms with E-state index in [-0.39, 0.29) is 17.5 Å². The standard InChI is InChI=1S/C17H15F2N5O2/c18-11-5-3-6-12(19)14(11)16(25)23-13-9-22-24-15(13)17(26)21-8-10-4-1-2-7-20-10/h1-7,9-10,20H,8H2,(H,21,26)(H,22,24)(H,23,25)/p+1. The van der Waals surface area contributed by atoms with Gasteiger partial charge in [-0.15, -0.1) is 0 Å². The van der Waals surface area contributed by atoms with E-state index in [2.05, 4.69) is 21.1 Å². The molecule has 2 aliphatic rings. The van der Waals surface area contributed by atoms with Gasteiger partial charge in [-0.3, -0.25) is 9.59 Å². The number of halogens is 2. The minimum atomic E-state index is -0.996. The molecule has 0 radical (unpaired) electrons.